The third kappa shape index (κ3) is 6.83. The van der Waals surface area contributed by atoms with E-state index in [1.54, 1.807) is 7.11 Å². The van der Waals surface area contributed by atoms with Crippen LogP contribution in [-0.4, -0.2) is 39.7 Å². The van der Waals surface area contributed by atoms with E-state index in [4.69, 9.17) is 10.6 Å². The van der Waals surface area contributed by atoms with Crippen molar-refractivity contribution < 1.29 is 13.2 Å². The van der Waals surface area contributed by atoms with Crippen LogP contribution in [0.3, 0.4) is 0 Å². The number of rotatable bonds is 8. The molecule has 6 heteroatoms. The molecule has 0 saturated heterocycles. The second-order valence-electron chi connectivity index (χ2n) is 3.73. The van der Waals surface area contributed by atoms with Crippen LogP contribution < -0.4 is 11.3 Å². The highest BCUT2D eigenvalue weighted by Gasteiger charge is 2.18. The maximum Gasteiger partial charge on any atom is 0.147 e. The zero-order chi connectivity index (χ0) is 11.9. The van der Waals surface area contributed by atoms with E-state index in [9.17, 15) is 8.42 Å². The van der Waals surface area contributed by atoms with Gasteiger partial charge in [-0.1, -0.05) is 6.92 Å². The predicted octanol–water partition coefficient (Wildman–Crippen LogP) is 0.0681. The van der Waals surface area contributed by atoms with Crippen LogP contribution in [0.5, 0.6) is 0 Å². The lowest BCUT2D eigenvalue weighted by atomic mass is 10.0. The van der Waals surface area contributed by atoms with E-state index in [2.05, 4.69) is 5.43 Å². The summed E-state index contributed by atoms with van der Waals surface area (Å²) in [5, 5.41) is 0. The van der Waals surface area contributed by atoms with Gasteiger partial charge in [0, 0.05) is 25.2 Å². The van der Waals surface area contributed by atoms with Crippen LogP contribution in [0.15, 0.2) is 0 Å². The number of hydrogen-bond acceptors (Lipinski definition) is 5. The number of nitrogens with two attached hydrogens (primary N) is 1. The largest absolute Gasteiger partial charge is 0.380 e. The molecule has 0 aromatic heterocycles. The Kier molecular flexibility index (Phi) is 7.08. The van der Waals surface area contributed by atoms with Gasteiger partial charge in [0.1, 0.15) is 9.84 Å². The number of sulfone groups is 1. The van der Waals surface area contributed by atoms with Crippen molar-refractivity contribution in [1.82, 2.24) is 5.43 Å². The van der Waals surface area contributed by atoms with E-state index in [-0.39, 0.29) is 17.9 Å². The van der Waals surface area contributed by atoms with Crippen LogP contribution in [-0.2, 0) is 14.6 Å². The zero-order valence-electron chi connectivity index (χ0n) is 9.69. The van der Waals surface area contributed by atoms with Gasteiger partial charge in [0.15, 0.2) is 0 Å². The molecule has 92 valence electrons. The van der Waals surface area contributed by atoms with E-state index >= 15 is 0 Å². The van der Waals surface area contributed by atoms with Gasteiger partial charge in [-0.2, -0.15) is 0 Å². The summed E-state index contributed by atoms with van der Waals surface area (Å²) in [6, 6.07) is 0.0155. The van der Waals surface area contributed by atoms with Crippen molar-refractivity contribution in [2.75, 3.05) is 19.1 Å². The van der Waals surface area contributed by atoms with E-state index in [0.29, 0.717) is 12.8 Å². The molecular weight excluding hydrogens is 216 g/mol. The quantitative estimate of drug-likeness (QED) is 0.462. The van der Waals surface area contributed by atoms with Gasteiger partial charge in [0.2, 0.25) is 0 Å². The number of ether oxygens (including phenoxy) is 1. The molecule has 2 atom stereocenters. The fraction of sp³-hybridized carbons (Fsp3) is 1.00. The normalized spacial score (nSPS) is 16.3. The summed E-state index contributed by atoms with van der Waals surface area (Å²) < 4.78 is 27.1. The van der Waals surface area contributed by atoms with Gasteiger partial charge >= 0.3 is 0 Å². The fourth-order valence-electron chi connectivity index (χ4n) is 1.56. The van der Waals surface area contributed by atoms with Gasteiger partial charge in [-0.3, -0.25) is 11.3 Å². The minimum Gasteiger partial charge on any atom is -0.380 e. The molecule has 0 rings (SSSR count). The number of methoxy groups -OCH3 is 1. The van der Waals surface area contributed by atoms with E-state index in [1.165, 1.54) is 6.26 Å². The Morgan fingerprint density at radius 2 is 2.07 bits per heavy atom. The van der Waals surface area contributed by atoms with Crippen molar-refractivity contribution in [1.29, 1.82) is 0 Å². The molecule has 3 N–H and O–H groups in total. The van der Waals surface area contributed by atoms with E-state index in [1.807, 2.05) is 6.92 Å². The van der Waals surface area contributed by atoms with Crippen molar-refractivity contribution >= 4 is 9.84 Å². The van der Waals surface area contributed by atoms with Gasteiger partial charge in [0.25, 0.3) is 0 Å². The highest BCUT2D eigenvalue weighted by molar-refractivity contribution is 7.90. The minimum absolute atomic E-state index is 0.0155. The maximum absolute atomic E-state index is 10.9. The van der Waals surface area contributed by atoms with Crippen LogP contribution in [0.1, 0.15) is 26.2 Å². The standard InChI is InChI=1S/C9H22N2O3S/c1-4-9(14-2)8(11-10)6-5-7-15(3,12)13/h8-9,11H,4-7,10H2,1-3H3. The van der Waals surface area contributed by atoms with Crippen molar-refractivity contribution in [3.63, 3.8) is 0 Å². The molecule has 0 aliphatic carbocycles. The lowest BCUT2D eigenvalue weighted by molar-refractivity contribution is 0.0623. The zero-order valence-corrected chi connectivity index (χ0v) is 10.5. The Bertz CT molecular complexity index is 250. The maximum atomic E-state index is 10.9. The lowest BCUT2D eigenvalue weighted by Gasteiger charge is -2.24. The van der Waals surface area contributed by atoms with Gasteiger partial charge in [-0.05, 0) is 19.3 Å². The van der Waals surface area contributed by atoms with Crippen LogP contribution in [0.25, 0.3) is 0 Å². The molecule has 0 aromatic carbocycles. The molecule has 0 spiro atoms. The molecule has 0 amide bonds. The third-order valence-corrected chi connectivity index (χ3v) is 3.43. The monoisotopic (exact) mass is 238 g/mol. The van der Waals surface area contributed by atoms with Gasteiger partial charge < -0.3 is 4.74 Å². The summed E-state index contributed by atoms with van der Waals surface area (Å²) >= 11 is 0. The van der Waals surface area contributed by atoms with E-state index in [0.717, 1.165) is 6.42 Å². The first kappa shape index (κ1) is 14.8. The molecule has 2 unspecified atom stereocenters. The molecule has 0 aliphatic rings. The van der Waals surface area contributed by atoms with Crippen LogP contribution in [0.4, 0.5) is 0 Å². The predicted molar refractivity (Wildman–Crippen MR) is 61.1 cm³/mol. The second kappa shape index (κ2) is 7.16. The Morgan fingerprint density at radius 3 is 2.40 bits per heavy atom. The van der Waals surface area contributed by atoms with Crippen molar-refractivity contribution in [3.05, 3.63) is 0 Å². The van der Waals surface area contributed by atoms with Gasteiger partial charge in [-0.25, -0.2) is 8.42 Å². The fourth-order valence-corrected chi connectivity index (χ4v) is 2.25. The summed E-state index contributed by atoms with van der Waals surface area (Å²) in [5.74, 6) is 5.59. The molecule has 0 saturated carbocycles. The van der Waals surface area contributed by atoms with Crippen LogP contribution in [0, 0.1) is 0 Å². The SMILES string of the molecule is CCC(OC)C(CCCS(C)(=O)=O)NN. The Labute approximate surface area is 92.3 Å². The molecule has 15 heavy (non-hydrogen) atoms. The summed E-state index contributed by atoms with van der Waals surface area (Å²) in [5.41, 5.74) is 2.67. The average Bonchev–Trinajstić information content (AvgIpc) is 2.15. The summed E-state index contributed by atoms with van der Waals surface area (Å²) in [6.07, 6.45) is 3.44. The minimum atomic E-state index is -2.88. The molecule has 0 heterocycles. The molecular formula is C9H22N2O3S. The number of hydrogen-bond donors (Lipinski definition) is 2. The summed E-state index contributed by atoms with van der Waals surface area (Å²) in [6.45, 7) is 2.01. The third-order valence-electron chi connectivity index (χ3n) is 2.40. The van der Waals surface area contributed by atoms with Crippen molar-refractivity contribution in [2.24, 2.45) is 5.84 Å². The highest BCUT2D eigenvalue weighted by atomic mass is 32.2. The molecule has 0 aliphatic heterocycles. The molecule has 0 aromatic rings. The van der Waals surface area contributed by atoms with E-state index < -0.39 is 9.84 Å². The number of hydrazine groups is 1. The Balaban J connectivity index is 4.00. The van der Waals surface area contributed by atoms with Crippen LogP contribution >= 0.6 is 0 Å². The van der Waals surface area contributed by atoms with Gasteiger partial charge in [-0.15, -0.1) is 0 Å². The Hall–Kier alpha value is -0.170. The second-order valence-corrected chi connectivity index (χ2v) is 5.99. The summed E-state index contributed by atoms with van der Waals surface area (Å²) in [7, 11) is -1.24. The first-order chi connectivity index (χ1) is 6.94. The number of nitrogens with one attached hydrogen (secondary N) is 1. The lowest BCUT2D eigenvalue weighted by Crippen LogP contribution is -2.44. The van der Waals surface area contributed by atoms with Crippen molar-refractivity contribution in [3.8, 4) is 0 Å². The first-order valence-corrected chi connectivity index (χ1v) is 7.17. The summed E-state index contributed by atoms with van der Waals surface area (Å²) in [4.78, 5) is 0. The molecule has 5 nitrogen and oxygen atoms in total. The molecule has 0 fully saturated rings. The molecule has 0 radical (unpaired) electrons. The van der Waals surface area contributed by atoms with Crippen LogP contribution in [0.2, 0.25) is 0 Å². The van der Waals surface area contributed by atoms with Crippen molar-refractivity contribution in [2.45, 2.75) is 38.3 Å². The Morgan fingerprint density at radius 1 is 1.47 bits per heavy atom. The molecule has 0 bridgehead atoms. The van der Waals surface area contributed by atoms with Gasteiger partial charge in [0.05, 0.1) is 6.10 Å². The highest BCUT2D eigenvalue weighted by Crippen LogP contribution is 2.09. The first-order valence-electron chi connectivity index (χ1n) is 5.11. The smallest absolute Gasteiger partial charge is 0.147 e. The topological polar surface area (TPSA) is 81.4 Å². The average molecular weight is 238 g/mol.